The fourth-order valence-corrected chi connectivity index (χ4v) is 4.78. The van der Waals surface area contributed by atoms with Crippen molar-refractivity contribution in [3.63, 3.8) is 0 Å². The second-order valence-electron chi connectivity index (χ2n) is 7.03. The molecular formula is C19H29ClN4O2S. The summed E-state index contributed by atoms with van der Waals surface area (Å²) in [5.74, 6) is -0.0594. The monoisotopic (exact) mass is 412 g/mol. The highest BCUT2D eigenvalue weighted by atomic mass is 35.5. The Morgan fingerprint density at radius 2 is 2.19 bits per heavy atom. The highest BCUT2D eigenvalue weighted by Gasteiger charge is 2.20. The minimum Gasteiger partial charge on any atom is -0.352 e. The van der Waals surface area contributed by atoms with Crippen molar-refractivity contribution < 1.29 is 4.79 Å². The second kappa shape index (κ2) is 10.2. The van der Waals surface area contributed by atoms with Crippen LogP contribution in [0, 0.1) is 0 Å². The van der Waals surface area contributed by atoms with E-state index in [1.807, 2.05) is 0 Å². The molecule has 0 fully saturated rings. The largest absolute Gasteiger partial charge is 0.352 e. The van der Waals surface area contributed by atoms with Crippen molar-refractivity contribution in [2.45, 2.75) is 70.9 Å². The van der Waals surface area contributed by atoms with Gasteiger partial charge in [-0.1, -0.05) is 19.8 Å². The molecule has 3 N–H and O–H groups in total. The highest BCUT2D eigenvalue weighted by molar-refractivity contribution is 7.18. The molecule has 3 rings (SSSR count). The fourth-order valence-electron chi connectivity index (χ4n) is 3.56. The molecule has 27 heavy (non-hydrogen) atoms. The highest BCUT2D eigenvalue weighted by Crippen LogP contribution is 2.33. The molecule has 0 radical (unpaired) electrons. The molecule has 2 aromatic rings. The molecule has 1 unspecified atom stereocenters. The lowest BCUT2D eigenvalue weighted by Gasteiger charge is -2.16. The topological polar surface area (TPSA) is 90.0 Å². The summed E-state index contributed by atoms with van der Waals surface area (Å²) in [6, 6.07) is 0.0173. The van der Waals surface area contributed by atoms with Crippen molar-refractivity contribution in [2.24, 2.45) is 5.73 Å². The van der Waals surface area contributed by atoms with Gasteiger partial charge >= 0.3 is 0 Å². The summed E-state index contributed by atoms with van der Waals surface area (Å²) in [5, 5.41) is 3.75. The van der Waals surface area contributed by atoms with Gasteiger partial charge in [-0.15, -0.1) is 23.7 Å². The van der Waals surface area contributed by atoms with Crippen LogP contribution in [0.4, 0.5) is 0 Å². The van der Waals surface area contributed by atoms with Crippen LogP contribution in [0.15, 0.2) is 11.1 Å². The predicted octanol–water partition coefficient (Wildman–Crippen LogP) is 2.78. The molecule has 0 saturated heterocycles. The zero-order valence-corrected chi connectivity index (χ0v) is 17.5. The van der Waals surface area contributed by atoms with E-state index in [2.05, 4.69) is 17.2 Å². The zero-order chi connectivity index (χ0) is 18.5. The Hall–Kier alpha value is -1.44. The summed E-state index contributed by atoms with van der Waals surface area (Å²) in [5.41, 5.74) is 6.91. The van der Waals surface area contributed by atoms with Gasteiger partial charge in [0.15, 0.2) is 0 Å². The van der Waals surface area contributed by atoms with E-state index in [0.717, 1.165) is 48.7 Å². The van der Waals surface area contributed by atoms with Crippen LogP contribution >= 0.6 is 23.7 Å². The number of hydrogen-bond donors (Lipinski definition) is 2. The lowest BCUT2D eigenvalue weighted by atomic mass is 9.97. The predicted molar refractivity (Wildman–Crippen MR) is 113 cm³/mol. The second-order valence-corrected chi connectivity index (χ2v) is 8.11. The molecule has 0 bridgehead atoms. The molecule has 6 nitrogen and oxygen atoms in total. The molecule has 0 aliphatic heterocycles. The first kappa shape index (κ1) is 21.9. The summed E-state index contributed by atoms with van der Waals surface area (Å²) < 4.78 is 1.58. The van der Waals surface area contributed by atoms with E-state index >= 15 is 0 Å². The van der Waals surface area contributed by atoms with Crippen LogP contribution in [0.2, 0.25) is 0 Å². The zero-order valence-electron chi connectivity index (χ0n) is 15.8. The SMILES string of the molecule is CCCCC(CN)NC(=O)CCn1cnc2sc3c(c2c1=O)CCCC3.Cl. The third-order valence-electron chi connectivity index (χ3n) is 5.08. The number of nitrogens with two attached hydrogens (primary N) is 1. The van der Waals surface area contributed by atoms with Crippen molar-refractivity contribution in [3.05, 3.63) is 27.1 Å². The Balaban J connectivity index is 0.00000261. The molecule has 2 heterocycles. The van der Waals surface area contributed by atoms with Crippen LogP contribution in [0.1, 0.15) is 55.9 Å². The van der Waals surface area contributed by atoms with Crippen molar-refractivity contribution in [1.82, 2.24) is 14.9 Å². The number of carbonyl (C=O) groups excluding carboxylic acids is 1. The van der Waals surface area contributed by atoms with Crippen LogP contribution in [-0.4, -0.2) is 28.0 Å². The van der Waals surface area contributed by atoms with Gasteiger partial charge in [0.1, 0.15) is 4.83 Å². The van der Waals surface area contributed by atoms with Crippen LogP contribution in [0.3, 0.4) is 0 Å². The Morgan fingerprint density at radius 3 is 2.93 bits per heavy atom. The Kier molecular flexibility index (Phi) is 8.26. The molecule has 8 heteroatoms. The Labute approximate surface area is 170 Å². The van der Waals surface area contributed by atoms with E-state index in [1.165, 1.54) is 16.9 Å². The first-order chi connectivity index (χ1) is 12.6. The average molecular weight is 413 g/mol. The maximum Gasteiger partial charge on any atom is 0.262 e. The normalized spacial score (nSPS) is 14.4. The molecule has 0 aromatic carbocycles. The lowest BCUT2D eigenvalue weighted by molar-refractivity contribution is -0.122. The number of fused-ring (bicyclic) bond motifs is 3. The van der Waals surface area contributed by atoms with Gasteiger partial charge in [-0.2, -0.15) is 0 Å². The van der Waals surface area contributed by atoms with Gasteiger partial charge in [-0.05, 0) is 37.7 Å². The number of nitrogens with one attached hydrogen (secondary N) is 1. The summed E-state index contributed by atoms with van der Waals surface area (Å²) in [4.78, 5) is 31.7. The van der Waals surface area contributed by atoms with Crippen molar-refractivity contribution in [1.29, 1.82) is 0 Å². The molecule has 0 spiro atoms. The molecule has 150 valence electrons. The molecule has 2 aromatic heterocycles. The van der Waals surface area contributed by atoms with Crippen molar-refractivity contribution >= 4 is 39.9 Å². The van der Waals surface area contributed by atoms with Crippen LogP contribution in [-0.2, 0) is 24.2 Å². The fraction of sp³-hybridized carbons (Fsp3) is 0.632. The number of nitrogens with zero attached hydrogens (tertiary/aromatic N) is 2. The Bertz CT molecular complexity index is 833. The summed E-state index contributed by atoms with van der Waals surface area (Å²) in [7, 11) is 0. The van der Waals surface area contributed by atoms with Crippen molar-refractivity contribution in [3.8, 4) is 0 Å². The minimum atomic E-state index is -0.0594. The van der Waals surface area contributed by atoms with Crippen LogP contribution in [0.5, 0.6) is 0 Å². The van der Waals surface area contributed by atoms with E-state index in [0.29, 0.717) is 13.1 Å². The first-order valence-electron chi connectivity index (χ1n) is 9.63. The van der Waals surface area contributed by atoms with E-state index in [9.17, 15) is 9.59 Å². The molecule has 1 aliphatic rings. The summed E-state index contributed by atoms with van der Waals surface area (Å²) in [6.07, 6.45) is 9.21. The summed E-state index contributed by atoms with van der Waals surface area (Å²) in [6.45, 7) is 2.91. The van der Waals surface area contributed by atoms with Crippen molar-refractivity contribution in [2.75, 3.05) is 6.54 Å². The number of rotatable bonds is 8. The molecule has 0 saturated carbocycles. The van der Waals surface area contributed by atoms with Crippen LogP contribution < -0.4 is 16.6 Å². The number of halogens is 1. The number of aryl methyl sites for hydroxylation is 3. The molecule has 1 amide bonds. The van der Waals surface area contributed by atoms with E-state index in [-0.39, 0.29) is 36.3 Å². The number of carbonyl (C=O) groups is 1. The first-order valence-corrected chi connectivity index (χ1v) is 10.4. The van der Waals surface area contributed by atoms with E-state index < -0.39 is 0 Å². The van der Waals surface area contributed by atoms with Gasteiger partial charge in [-0.25, -0.2) is 4.98 Å². The van der Waals surface area contributed by atoms with E-state index in [4.69, 9.17) is 5.73 Å². The molecule has 1 aliphatic carbocycles. The minimum absolute atomic E-state index is 0. The standard InChI is InChI=1S/C19H28N4O2S.ClH/c1-2-3-6-13(11-20)22-16(24)9-10-23-12-21-18-17(19(23)25)14-7-4-5-8-15(14)26-18;/h12-13H,2-11,20H2,1H3,(H,22,24);1H. The third-order valence-corrected chi connectivity index (χ3v) is 6.28. The van der Waals surface area contributed by atoms with Gasteiger partial charge in [-0.3, -0.25) is 14.2 Å². The summed E-state index contributed by atoms with van der Waals surface area (Å²) >= 11 is 1.65. The van der Waals surface area contributed by atoms with Gasteiger partial charge in [0.05, 0.1) is 11.7 Å². The molecule has 1 atom stereocenters. The third kappa shape index (κ3) is 5.09. The number of aromatic nitrogens is 2. The number of hydrogen-bond acceptors (Lipinski definition) is 5. The molecular weight excluding hydrogens is 384 g/mol. The number of unbranched alkanes of at least 4 members (excludes halogenated alkanes) is 1. The van der Waals surface area contributed by atoms with Crippen LogP contribution in [0.25, 0.3) is 10.2 Å². The van der Waals surface area contributed by atoms with Gasteiger partial charge in [0.25, 0.3) is 5.56 Å². The van der Waals surface area contributed by atoms with Gasteiger partial charge in [0.2, 0.25) is 5.91 Å². The van der Waals surface area contributed by atoms with Gasteiger partial charge in [0, 0.05) is 30.4 Å². The van der Waals surface area contributed by atoms with Gasteiger partial charge < -0.3 is 11.1 Å². The quantitative estimate of drug-likeness (QED) is 0.697. The lowest BCUT2D eigenvalue weighted by Crippen LogP contribution is -2.40. The maximum atomic E-state index is 12.9. The maximum absolute atomic E-state index is 12.9. The van der Waals surface area contributed by atoms with E-state index in [1.54, 1.807) is 22.2 Å². The smallest absolute Gasteiger partial charge is 0.262 e. The number of amides is 1. The Morgan fingerprint density at radius 1 is 1.41 bits per heavy atom. The average Bonchev–Trinajstić information content (AvgIpc) is 3.03. The number of thiophene rings is 1.